The molecule has 0 saturated heterocycles. The number of ether oxygens (including phenoxy) is 1. The van der Waals surface area contributed by atoms with E-state index in [0.717, 1.165) is 6.61 Å². The van der Waals surface area contributed by atoms with E-state index in [1.807, 2.05) is 6.08 Å². The molecule has 0 aliphatic heterocycles. The Morgan fingerprint density at radius 3 is 2.78 bits per heavy atom. The molecule has 18 heavy (non-hydrogen) atoms. The number of hydrogen-bond donors (Lipinski definition) is 0. The quantitative estimate of drug-likeness (QED) is 0.749. The van der Waals surface area contributed by atoms with Gasteiger partial charge >= 0.3 is 0 Å². The van der Waals surface area contributed by atoms with Gasteiger partial charge in [0.2, 0.25) is 0 Å². The number of methoxy groups -OCH3 is 1. The van der Waals surface area contributed by atoms with Crippen molar-refractivity contribution < 1.29 is 9.53 Å². The summed E-state index contributed by atoms with van der Waals surface area (Å²) in [7, 11) is 1.78. The summed E-state index contributed by atoms with van der Waals surface area (Å²) in [6, 6.07) is 0. The number of allylic oxidation sites excluding steroid dienone is 1. The molecule has 3 aliphatic carbocycles. The Kier molecular flexibility index (Phi) is 2.39. The van der Waals surface area contributed by atoms with E-state index in [-0.39, 0.29) is 16.2 Å². The molecule has 2 heteroatoms. The minimum atomic E-state index is 0.0976. The topological polar surface area (TPSA) is 26.3 Å². The zero-order chi connectivity index (χ0) is 13.2. The van der Waals surface area contributed by atoms with Gasteiger partial charge in [0, 0.05) is 18.9 Å². The van der Waals surface area contributed by atoms with Crippen molar-refractivity contribution in [3.63, 3.8) is 0 Å². The standard InChI is InChI=1S/C16H24O2/c1-14(2)9-12(17)7-13-15(3,10-18-4)11-5-6-16(13,14)8-11/h7,11H,5-6,8-10H2,1-4H3/t11-,15-,16-/m0/s1. The van der Waals surface area contributed by atoms with Gasteiger partial charge in [0.05, 0.1) is 6.61 Å². The predicted octanol–water partition coefficient (Wildman–Crippen LogP) is 3.36. The number of fused-ring (bicyclic) bond motifs is 1. The van der Waals surface area contributed by atoms with Crippen molar-refractivity contribution in [3.8, 4) is 0 Å². The van der Waals surface area contributed by atoms with Crippen molar-refractivity contribution in [1.82, 2.24) is 0 Å². The van der Waals surface area contributed by atoms with Gasteiger partial charge < -0.3 is 4.74 Å². The number of rotatable bonds is 2. The first-order valence-corrected chi connectivity index (χ1v) is 7.10. The minimum absolute atomic E-state index is 0.0976. The molecule has 100 valence electrons. The van der Waals surface area contributed by atoms with E-state index in [1.54, 1.807) is 7.11 Å². The first-order valence-electron chi connectivity index (χ1n) is 7.10. The Morgan fingerprint density at radius 1 is 1.39 bits per heavy atom. The van der Waals surface area contributed by atoms with E-state index >= 15 is 0 Å². The lowest BCUT2D eigenvalue weighted by molar-refractivity contribution is -0.119. The van der Waals surface area contributed by atoms with Gasteiger partial charge in [-0.15, -0.1) is 0 Å². The molecule has 0 radical (unpaired) electrons. The van der Waals surface area contributed by atoms with Crippen LogP contribution in [0.1, 0.15) is 46.5 Å². The van der Waals surface area contributed by atoms with Crippen LogP contribution in [0.3, 0.4) is 0 Å². The maximum atomic E-state index is 12.1. The summed E-state index contributed by atoms with van der Waals surface area (Å²) in [4.78, 5) is 12.1. The number of carbonyl (C=O) groups is 1. The van der Waals surface area contributed by atoms with Crippen molar-refractivity contribution in [1.29, 1.82) is 0 Å². The third-order valence-corrected chi connectivity index (χ3v) is 6.21. The Bertz CT molecular complexity index is 434. The van der Waals surface area contributed by atoms with Crippen molar-refractivity contribution in [2.45, 2.75) is 46.5 Å². The highest BCUT2D eigenvalue weighted by atomic mass is 16.5. The Balaban J connectivity index is 2.14. The van der Waals surface area contributed by atoms with Crippen LogP contribution in [0.15, 0.2) is 11.6 Å². The van der Waals surface area contributed by atoms with Crippen LogP contribution < -0.4 is 0 Å². The van der Waals surface area contributed by atoms with Crippen LogP contribution in [-0.2, 0) is 9.53 Å². The molecule has 2 saturated carbocycles. The second kappa shape index (κ2) is 3.47. The first-order chi connectivity index (χ1) is 8.36. The van der Waals surface area contributed by atoms with Gasteiger partial charge in [-0.2, -0.15) is 0 Å². The van der Waals surface area contributed by atoms with E-state index in [1.165, 1.54) is 24.8 Å². The average Bonchev–Trinajstić information content (AvgIpc) is 2.77. The van der Waals surface area contributed by atoms with Gasteiger partial charge in [-0.1, -0.05) is 26.3 Å². The predicted molar refractivity (Wildman–Crippen MR) is 71.2 cm³/mol. The molecule has 2 nitrogen and oxygen atoms in total. The van der Waals surface area contributed by atoms with E-state index < -0.39 is 0 Å². The second-order valence-electron chi connectivity index (χ2n) is 7.46. The van der Waals surface area contributed by atoms with Crippen molar-refractivity contribution in [2.75, 3.05) is 13.7 Å². The molecule has 0 aromatic carbocycles. The molecule has 0 unspecified atom stereocenters. The number of carbonyl (C=O) groups excluding carboxylic acids is 1. The Hall–Kier alpha value is -0.630. The maximum Gasteiger partial charge on any atom is 0.156 e. The zero-order valence-electron chi connectivity index (χ0n) is 12.0. The van der Waals surface area contributed by atoms with Crippen molar-refractivity contribution in [2.24, 2.45) is 22.2 Å². The van der Waals surface area contributed by atoms with Crippen LogP contribution in [-0.4, -0.2) is 19.5 Å². The molecule has 2 fully saturated rings. The Labute approximate surface area is 110 Å². The van der Waals surface area contributed by atoms with Crippen LogP contribution in [0, 0.1) is 22.2 Å². The lowest BCUT2D eigenvalue weighted by atomic mass is 9.53. The molecule has 0 aromatic rings. The van der Waals surface area contributed by atoms with Gasteiger partial charge in [-0.05, 0) is 42.1 Å². The summed E-state index contributed by atoms with van der Waals surface area (Å²) < 4.78 is 5.48. The second-order valence-corrected chi connectivity index (χ2v) is 7.46. The summed E-state index contributed by atoms with van der Waals surface area (Å²) in [6.07, 6.45) is 6.52. The lowest BCUT2D eigenvalue weighted by Crippen LogP contribution is -2.45. The van der Waals surface area contributed by atoms with E-state index in [2.05, 4.69) is 20.8 Å². The average molecular weight is 248 g/mol. The molecular weight excluding hydrogens is 224 g/mol. The fourth-order valence-corrected chi connectivity index (χ4v) is 5.19. The zero-order valence-corrected chi connectivity index (χ0v) is 12.0. The summed E-state index contributed by atoms with van der Waals surface area (Å²) in [5.41, 5.74) is 1.91. The van der Waals surface area contributed by atoms with Crippen molar-refractivity contribution in [3.05, 3.63) is 11.6 Å². The summed E-state index contributed by atoms with van der Waals surface area (Å²) in [5.74, 6) is 1.02. The van der Waals surface area contributed by atoms with Gasteiger partial charge in [-0.3, -0.25) is 4.79 Å². The first kappa shape index (κ1) is 12.4. The van der Waals surface area contributed by atoms with Crippen LogP contribution >= 0.6 is 0 Å². The SMILES string of the molecule is COC[C@]1(C)C2=CC(=O)CC(C)(C)[C@]23CC[C@H]1C3. The molecule has 1 spiro atoms. The normalized spacial score (nSPS) is 45.0. The summed E-state index contributed by atoms with van der Waals surface area (Å²) in [5, 5.41) is 0. The van der Waals surface area contributed by atoms with Crippen LogP contribution in [0.2, 0.25) is 0 Å². The molecule has 3 atom stereocenters. The number of hydrogen-bond acceptors (Lipinski definition) is 2. The third-order valence-electron chi connectivity index (χ3n) is 6.21. The van der Waals surface area contributed by atoms with E-state index in [4.69, 9.17) is 4.74 Å². The summed E-state index contributed by atoms with van der Waals surface area (Å²) in [6.45, 7) is 7.65. The monoisotopic (exact) mass is 248 g/mol. The molecule has 0 amide bonds. The summed E-state index contributed by atoms with van der Waals surface area (Å²) >= 11 is 0. The fourth-order valence-electron chi connectivity index (χ4n) is 5.19. The Morgan fingerprint density at radius 2 is 2.11 bits per heavy atom. The molecule has 0 N–H and O–H groups in total. The fraction of sp³-hybridized carbons (Fsp3) is 0.812. The third kappa shape index (κ3) is 1.25. The molecule has 3 aliphatic rings. The van der Waals surface area contributed by atoms with E-state index in [9.17, 15) is 4.79 Å². The van der Waals surface area contributed by atoms with E-state index in [0.29, 0.717) is 18.1 Å². The van der Waals surface area contributed by atoms with Crippen LogP contribution in [0.25, 0.3) is 0 Å². The van der Waals surface area contributed by atoms with Gasteiger partial charge in [0.1, 0.15) is 0 Å². The van der Waals surface area contributed by atoms with Gasteiger partial charge in [-0.25, -0.2) is 0 Å². The molecule has 3 rings (SSSR count). The highest BCUT2D eigenvalue weighted by molar-refractivity contribution is 5.93. The van der Waals surface area contributed by atoms with Gasteiger partial charge in [0.25, 0.3) is 0 Å². The van der Waals surface area contributed by atoms with Crippen LogP contribution in [0.4, 0.5) is 0 Å². The highest BCUT2D eigenvalue weighted by Gasteiger charge is 2.66. The maximum absolute atomic E-state index is 12.1. The smallest absolute Gasteiger partial charge is 0.156 e. The molecule has 0 aromatic heterocycles. The number of ketones is 1. The van der Waals surface area contributed by atoms with Gasteiger partial charge in [0.15, 0.2) is 5.78 Å². The molecular formula is C16H24O2. The largest absolute Gasteiger partial charge is 0.384 e. The van der Waals surface area contributed by atoms with Crippen molar-refractivity contribution >= 4 is 5.78 Å². The minimum Gasteiger partial charge on any atom is -0.384 e. The molecule has 0 heterocycles. The molecule has 2 bridgehead atoms. The highest BCUT2D eigenvalue weighted by Crippen LogP contribution is 2.73. The lowest BCUT2D eigenvalue weighted by Gasteiger charge is -2.51. The van der Waals surface area contributed by atoms with Crippen LogP contribution in [0.5, 0.6) is 0 Å².